The van der Waals surface area contributed by atoms with Gasteiger partial charge in [-0.05, 0) is 37.8 Å². The normalized spacial score (nSPS) is 20.9. The number of hydrogen-bond acceptors (Lipinski definition) is 4. The third-order valence-electron chi connectivity index (χ3n) is 3.74. The fraction of sp³-hybridized carbons (Fsp3) is 0.438. The van der Waals surface area contributed by atoms with Gasteiger partial charge in [-0.2, -0.15) is 5.26 Å². The number of nitrogens with zero attached hydrogens (tertiary/aromatic N) is 2. The highest BCUT2D eigenvalue weighted by Gasteiger charge is 2.23. The van der Waals surface area contributed by atoms with Gasteiger partial charge in [-0.25, -0.2) is 0 Å². The van der Waals surface area contributed by atoms with Crippen LogP contribution in [0.1, 0.15) is 31.2 Å². The van der Waals surface area contributed by atoms with Gasteiger partial charge in [-0.1, -0.05) is 11.6 Å². The predicted molar refractivity (Wildman–Crippen MR) is 88.5 cm³/mol. The number of rotatable bonds is 5. The second-order valence-electron chi connectivity index (χ2n) is 5.40. The lowest BCUT2D eigenvalue weighted by Gasteiger charge is -2.29. The SMILES string of the molecule is N#Cc1ccc(O[C@H]2CC[C@H](NC(=O)C/N=C\N)CC2)cc1Cl. The number of amides is 1. The van der Waals surface area contributed by atoms with Gasteiger partial charge in [0.05, 0.1) is 23.0 Å². The van der Waals surface area contributed by atoms with E-state index in [0.29, 0.717) is 16.3 Å². The number of nitrogens with one attached hydrogen (secondary N) is 1. The summed E-state index contributed by atoms with van der Waals surface area (Å²) in [6.45, 7) is 0.0661. The van der Waals surface area contributed by atoms with Gasteiger partial charge in [0.2, 0.25) is 5.91 Å². The van der Waals surface area contributed by atoms with E-state index in [1.807, 2.05) is 6.07 Å². The van der Waals surface area contributed by atoms with Crippen LogP contribution in [0.5, 0.6) is 5.75 Å². The molecule has 0 saturated heterocycles. The Hall–Kier alpha value is -2.26. The highest BCUT2D eigenvalue weighted by atomic mass is 35.5. The lowest BCUT2D eigenvalue weighted by atomic mass is 9.93. The van der Waals surface area contributed by atoms with E-state index in [2.05, 4.69) is 10.3 Å². The summed E-state index contributed by atoms with van der Waals surface area (Å²) in [7, 11) is 0. The minimum absolute atomic E-state index is 0.0661. The first-order valence-corrected chi connectivity index (χ1v) is 7.86. The predicted octanol–water partition coefficient (Wildman–Crippen LogP) is 2.00. The maximum Gasteiger partial charge on any atom is 0.241 e. The minimum atomic E-state index is -0.116. The van der Waals surface area contributed by atoms with E-state index in [-0.39, 0.29) is 24.6 Å². The van der Waals surface area contributed by atoms with Crippen LogP contribution in [0, 0.1) is 11.3 Å². The Labute approximate surface area is 140 Å². The topological polar surface area (TPSA) is 100 Å². The van der Waals surface area contributed by atoms with E-state index < -0.39 is 0 Å². The Bertz CT molecular complexity index is 619. The zero-order valence-corrected chi connectivity index (χ0v) is 13.4. The number of hydrogen-bond donors (Lipinski definition) is 2. The average Bonchev–Trinajstić information content (AvgIpc) is 2.55. The fourth-order valence-electron chi connectivity index (χ4n) is 2.59. The number of carbonyl (C=O) groups is 1. The second-order valence-corrected chi connectivity index (χ2v) is 5.81. The van der Waals surface area contributed by atoms with Crippen LogP contribution in [0.3, 0.4) is 0 Å². The Morgan fingerprint density at radius 1 is 1.48 bits per heavy atom. The zero-order chi connectivity index (χ0) is 16.7. The molecule has 1 amide bonds. The highest BCUT2D eigenvalue weighted by molar-refractivity contribution is 6.31. The molecule has 23 heavy (non-hydrogen) atoms. The number of nitriles is 1. The number of benzene rings is 1. The quantitative estimate of drug-likeness (QED) is 0.635. The molecule has 1 saturated carbocycles. The van der Waals surface area contributed by atoms with Crippen LogP contribution in [0.2, 0.25) is 5.02 Å². The average molecular weight is 335 g/mol. The lowest BCUT2D eigenvalue weighted by molar-refractivity contribution is -0.120. The molecule has 6 nitrogen and oxygen atoms in total. The van der Waals surface area contributed by atoms with Crippen molar-refractivity contribution in [3.8, 4) is 11.8 Å². The third-order valence-corrected chi connectivity index (χ3v) is 4.06. The maximum absolute atomic E-state index is 11.6. The summed E-state index contributed by atoms with van der Waals surface area (Å²) < 4.78 is 5.91. The van der Waals surface area contributed by atoms with Gasteiger partial charge in [0, 0.05) is 12.1 Å². The molecule has 0 spiro atoms. The number of carbonyl (C=O) groups excluding carboxylic acids is 1. The number of aliphatic imine (C=N–C) groups is 1. The van der Waals surface area contributed by atoms with Crippen molar-refractivity contribution in [2.45, 2.75) is 37.8 Å². The van der Waals surface area contributed by atoms with Gasteiger partial charge in [-0.15, -0.1) is 0 Å². The van der Waals surface area contributed by atoms with Crippen molar-refractivity contribution in [1.29, 1.82) is 5.26 Å². The molecule has 0 aromatic heterocycles. The second kappa shape index (κ2) is 8.39. The molecule has 0 bridgehead atoms. The monoisotopic (exact) mass is 334 g/mol. The van der Waals surface area contributed by atoms with Crippen LogP contribution in [0.15, 0.2) is 23.2 Å². The summed E-state index contributed by atoms with van der Waals surface area (Å²) in [5.74, 6) is 0.550. The molecule has 3 N–H and O–H groups in total. The van der Waals surface area contributed by atoms with Crippen molar-refractivity contribution >= 4 is 23.8 Å². The molecule has 1 fully saturated rings. The van der Waals surface area contributed by atoms with E-state index >= 15 is 0 Å². The molecule has 0 atom stereocenters. The largest absolute Gasteiger partial charge is 0.490 e. The Morgan fingerprint density at radius 2 is 2.22 bits per heavy atom. The van der Waals surface area contributed by atoms with Crippen molar-refractivity contribution < 1.29 is 9.53 Å². The van der Waals surface area contributed by atoms with Gasteiger partial charge in [0.25, 0.3) is 0 Å². The number of ether oxygens (including phenoxy) is 1. The van der Waals surface area contributed by atoms with E-state index in [9.17, 15) is 4.79 Å². The third kappa shape index (κ3) is 5.15. The minimum Gasteiger partial charge on any atom is -0.490 e. The Morgan fingerprint density at radius 3 is 2.83 bits per heavy atom. The first-order chi connectivity index (χ1) is 11.1. The number of halogens is 1. The lowest BCUT2D eigenvalue weighted by Crippen LogP contribution is -2.40. The maximum atomic E-state index is 11.6. The molecule has 1 aromatic carbocycles. The molecule has 1 aromatic rings. The van der Waals surface area contributed by atoms with Crippen LogP contribution in [0.25, 0.3) is 0 Å². The number of nitrogens with two attached hydrogens (primary N) is 1. The van der Waals surface area contributed by atoms with Gasteiger partial charge >= 0.3 is 0 Å². The van der Waals surface area contributed by atoms with E-state index in [0.717, 1.165) is 32.0 Å². The molecule has 7 heteroatoms. The Kier molecular flexibility index (Phi) is 6.24. The van der Waals surface area contributed by atoms with Crippen molar-refractivity contribution in [3.05, 3.63) is 28.8 Å². The van der Waals surface area contributed by atoms with Gasteiger partial charge in [0.1, 0.15) is 18.4 Å². The fourth-order valence-corrected chi connectivity index (χ4v) is 2.80. The van der Waals surface area contributed by atoms with Crippen molar-refractivity contribution in [1.82, 2.24) is 5.32 Å². The summed E-state index contributed by atoms with van der Waals surface area (Å²) in [4.78, 5) is 15.3. The molecule has 0 unspecified atom stereocenters. The molecule has 0 aliphatic heterocycles. The molecule has 2 rings (SSSR count). The van der Waals surface area contributed by atoms with Crippen LogP contribution >= 0.6 is 11.6 Å². The molecule has 1 aliphatic rings. The molecule has 0 heterocycles. The van der Waals surface area contributed by atoms with Crippen LogP contribution < -0.4 is 15.8 Å². The molecule has 122 valence electrons. The van der Waals surface area contributed by atoms with Gasteiger partial charge < -0.3 is 15.8 Å². The molecule has 1 aliphatic carbocycles. The van der Waals surface area contributed by atoms with Gasteiger partial charge in [-0.3, -0.25) is 9.79 Å². The molecular weight excluding hydrogens is 316 g/mol. The van der Waals surface area contributed by atoms with E-state index in [1.165, 1.54) is 0 Å². The summed E-state index contributed by atoms with van der Waals surface area (Å²) in [5, 5.41) is 12.2. The summed E-state index contributed by atoms with van der Waals surface area (Å²) in [6.07, 6.45) is 4.63. The van der Waals surface area contributed by atoms with Crippen molar-refractivity contribution in [2.75, 3.05) is 6.54 Å². The summed E-state index contributed by atoms with van der Waals surface area (Å²) in [5.41, 5.74) is 5.55. The smallest absolute Gasteiger partial charge is 0.241 e. The van der Waals surface area contributed by atoms with Crippen LogP contribution in [0.4, 0.5) is 0 Å². The van der Waals surface area contributed by atoms with Crippen molar-refractivity contribution in [2.24, 2.45) is 10.7 Å². The van der Waals surface area contributed by atoms with Crippen LogP contribution in [-0.4, -0.2) is 30.9 Å². The molecule has 0 radical (unpaired) electrons. The first-order valence-electron chi connectivity index (χ1n) is 7.48. The van der Waals surface area contributed by atoms with E-state index in [4.69, 9.17) is 27.3 Å². The molecular formula is C16H19ClN4O2. The summed E-state index contributed by atoms with van der Waals surface area (Å²) >= 11 is 6.00. The van der Waals surface area contributed by atoms with E-state index in [1.54, 1.807) is 18.2 Å². The van der Waals surface area contributed by atoms with Crippen molar-refractivity contribution in [3.63, 3.8) is 0 Å². The zero-order valence-electron chi connectivity index (χ0n) is 12.7. The standard InChI is InChI=1S/C16H19ClN4O2/c17-15-7-14(4-1-11(15)8-18)23-13-5-2-12(3-6-13)21-16(22)9-20-10-19/h1,4,7,10,12-13H,2-3,5-6,9H2,(H2,19,20)(H,21,22)/t12-,13-. The summed E-state index contributed by atoms with van der Waals surface area (Å²) in [6, 6.07) is 7.24. The van der Waals surface area contributed by atoms with Crippen LogP contribution in [-0.2, 0) is 4.79 Å². The highest BCUT2D eigenvalue weighted by Crippen LogP contribution is 2.27. The van der Waals surface area contributed by atoms with Gasteiger partial charge in [0.15, 0.2) is 0 Å². The Balaban J connectivity index is 1.80. The first kappa shape index (κ1) is 17.1.